The zero-order valence-electron chi connectivity index (χ0n) is 3.81. The quantitative estimate of drug-likeness (QED) is 0.321. The van der Waals surface area contributed by atoms with Crippen LogP contribution < -0.4 is 5.48 Å². The lowest BCUT2D eigenvalue weighted by molar-refractivity contribution is 0.0794. The highest BCUT2D eigenvalue weighted by atomic mass is 35.6. The average Bonchev–Trinajstić information content (AvgIpc) is 1.65. The standard InChI is InChI=1S/CHCl3.CH5NO2/c2-1(3)4;3-1-2-4/h1H;2-4H,1H2. The summed E-state index contributed by atoms with van der Waals surface area (Å²) in [6, 6.07) is 0. The molecular formula is C2H6Cl3NO2. The summed E-state index contributed by atoms with van der Waals surface area (Å²) >= 11 is 14.4. The molecule has 6 heteroatoms. The molecule has 0 spiro atoms. The molecule has 8 heavy (non-hydrogen) atoms. The fourth-order valence-electron chi connectivity index (χ4n) is 0. The Morgan fingerprint density at radius 1 is 1.38 bits per heavy atom. The predicted molar refractivity (Wildman–Crippen MR) is 33.4 cm³/mol. The number of halogens is 3. The SMILES string of the molecule is ClC(Cl)Cl.OCNO. The van der Waals surface area contributed by atoms with Crippen molar-refractivity contribution in [2.45, 2.75) is 4.30 Å². The van der Waals surface area contributed by atoms with Gasteiger partial charge in [-0.1, -0.05) is 34.8 Å². The molecule has 0 aliphatic heterocycles. The van der Waals surface area contributed by atoms with Crippen LogP contribution in [0.4, 0.5) is 0 Å². The minimum Gasteiger partial charge on any atom is -0.379 e. The first-order valence-electron chi connectivity index (χ1n) is 1.55. The minimum absolute atomic E-state index is 0.375. The van der Waals surface area contributed by atoms with E-state index in [-0.39, 0.29) is 6.73 Å². The summed E-state index contributed by atoms with van der Waals surface area (Å²) in [7, 11) is 0. The first-order chi connectivity index (χ1) is 3.65. The average molecular weight is 182 g/mol. The van der Waals surface area contributed by atoms with Crippen LogP contribution in [0.1, 0.15) is 0 Å². The topological polar surface area (TPSA) is 52.5 Å². The molecule has 0 unspecified atom stereocenters. The van der Waals surface area contributed by atoms with E-state index >= 15 is 0 Å². The Morgan fingerprint density at radius 3 is 1.50 bits per heavy atom. The molecule has 0 aromatic rings. The Balaban J connectivity index is 0. The van der Waals surface area contributed by atoms with E-state index in [0.717, 1.165) is 0 Å². The third-order valence-corrected chi connectivity index (χ3v) is 0.0707. The third-order valence-electron chi connectivity index (χ3n) is 0.0707. The molecule has 0 aliphatic carbocycles. The Bertz CT molecular complexity index is 31.7. The summed E-state index contributed by atoms with van der Waals surface area (Å²) in [5.41, 5.74) is 1.49. The van der Waals surface area contributed by atoms with Gasteiger partial charge in [0.25, 0.3) is 0 Å². The molecule has 52 valence electrons. The Morgan fingerprint density at radius 2 is 1.50 bits per heavy atom. The number of alkyl halides is 3. The predicted octanol–water partition coefficient (Wildman–Crippen LogP) is 0.901. The first kappa shape index (κ1) is 11.5. The highest BCUT2D eigenvalue weighted by molar-refractivity contribution is 6.63. The molecule has 3 N–H and O–H groups in total. The van der Waals surface area contributed by atoms with Gasteiger partial charge in [0.1, 0.15) is 6.73 Å². The van der Waals surface area contributed by atoms with E-state index in [9.17, 15) is 0 Å². The van der Waals surface area contributed by atoms with Crippen LogP contribution in [0, 0.1) is 0 Å². The van der Waals surface area contributed by atoms with Gasteiger partial charge >= 0.3 is 0 Å². The zero-order chi connectivity index (χ0) is 6.99. The van der Waals surface area contributed by atoms with Gasteiger partial charge in [-0.2, -0.15) is 5.48 Å². The maximum Gasteiger partial charge on any atom is 0.180 e. The Hall–Kier alpha value is 0.750. The normalized spacial score (nSPS) is 8.25. The van der Waals surface area contributed by atoms with Gasteiger partial charge in [-0.15, -0.1) is 0 Å². The van der Waals surface area contributed by atoms with E-state index in [2.05, 4.69) is 0 Å². The molecular weight excluding hydrogens is 176 g/mol. The summed E-state index contributed by atoms with van der Waals surface area (Å²) in [4.78, 5) is 0. The summed E-state index contributed by atoms with van der Waals surface area (Å²) in [6.07, 6.45) is 0. The molecule has 0 bridgehead atoms. The number of hydrogen-bond acceptors (Lipinski definition) is 3. The monoisotopic (exact) mass is 181 g/mol. The first-order valence-corrected chi connectivity index (χ1v) is 2.86. The second-order valence-corrected chi connectivity index (χ2v) is 2.54. The van der Waals surface area contributed by atoms with Crippen molar-refractivity contribution in [2.24, 2.45) is 0 Å². The lowest BCUT2D eigenvalue weighted by Gasteiger charge is -1.75. The van der Waals surface area contributed by atoms with E-state index in [0.29, 0.717) is 0 Å². The lowest BCUT2D eigenvalue weighted by atomic mass is 11.4. The molecule has 0 saturated carbocycles. The molecule has 0 aliphatic rings. The number of rotatable bonds is 1. The fourth-order valence-corrected chi connectivity index (χ4v) is 0. The van der Waals surface area contributed by atoms with Crippen molar-refractivity contribution in [3.63, 3.8) is 0 Å². The smallest absolute Gasteiger partial charge is 0.180 e. The molecule has 0 heterocycles. The third kappa shape index (κ3) is 72.9. The van der Waals surface area contributed by atoms with Crippen LogP contribution in [-0.2, 0) is 0 Å². The molecule has 0 amide bonds. The van der Waals surface area contributed by atoms with Crippen molar-refractivity contribution in [2.75, 3.05) is 6.73 Å². The zero-order valence-corrected chi connectivity index (χ0v) is 6.08. The minimum atomic E-state index is -0.750. The largest absolute Gasteiger partial charge is 0.379 e. The maximum absolute atomic E-state index is 7.51. The van der Waals surface area contributed by atoms with Gasteiger partial charge in [0.2, 0.25) is 0 Å². The van der Waals surface area contributed by atoms with Gasteiger partial charge in [0.15, 0.2) is 4.30 Å². The van der Waals surface area contributed by atoms with Crippen LogP contribution >= 0.6 is 34.8 Å². The van der Waals surface area contributed by atoms with Crippen molar-refractivity contribution in [1.29, 1.82) is 0 Å². The van der Waals surface area contributed by atoms with Gasteiger partial charge in [-0.05, 0) is 0 Å². The van der Waals surface area contributed by atoms with Gasteiger partial charge < -0.3 is 10.3 Å². The van der Waals surface area contributed by atoms with Crippen molar-refractivity contribution in [3.8, 4) is 0 Å². The highest BCUT2D eigenvalue weighted by Crippen LogP contribution is 2.03. The molecule has 0 radical (unpaired) electrons. The second-order valence-electron chi connectivity index (χ2n) is 0.564. The van der Waals surface area contributed by atoms with E-state index in [4.69, 9.17) is 45.1 Å². The van der Waals surface area contributed by atoms with E-state index in [1.54, 1.807) is 0 Å². The molecule has 0 aromatic carbocycles. The molecule has 0 aromatic heterocycles. The summed E-state index contributed by atoms with van der Waals surface area (Å²) in [6.45, 7) is -0.375. The van der Waals surface area contributed by atoms with Crippen LogP contribution in [-0.4, -0.2) is 21.3 Å². The summed E-state index contributed by atoms with van der Waals surface area (Å²) in [5, 5.41) is 14.9. The van der Waals surface area contributed by atoms with Gasteiger partial charge in [-0.3, -0.25) is 0 Å². The van der Waals surface area contributed by atoms with E-state index < -0.39 is 4.30 Å². The number of hydrogen-bond donors (Lipinski definition) is 3. The van der Waals surface area contributed by atoms with Crippen LogP contribution in [0.3, 0.4) is 0 Å². The number of hydroxylamine groups is 1. The lowest BCUT2D eigenvalue weighted by Crippen LogP contribution is -2.05. The molecule has 0 atom stereocenters. The van der Waals surface area contributed by atoms with Crippen molar-refractivity contribution < 1.29 is 10.3 Å². The van der Waals surface area contributed by atoms with Crippen LogP contribution in [0.25, 0.3) is 0 Å². The Labute approximate surface area is 62.1 Å². The van der Waals surface area contributed by atoms with Crippen LogP contribution in [0.5, 0.6) is 0 Å². The number of nitrogens with one attached hydrogen (secondary N) is 1. The maximum atomic E-state index is 7.51. The van der Waals surface area contributed by atoms with Crippen molar-refractivity contribution in [1.82, 2.24) is 5.48 Å². The van der Waals surface area contributed by atoms with E-state index in [1.165, 1.54) is 5.48 Å². The van der Waals surface area contributed by atoms with E-state index in [1.807, 2.05) is 0 Å². The Kier molecular flexibility index (Phi) is 15.4. The molecule has 0 rings (SSSR count). The second kappa shape index (κ2) is 10.7. The van der Waals surface area contributed by atoms with Crippen molar-refractivity contribution in [3.05, 3.63) is 0 Å². The fraction of sp³-hybridized carbons (Fsp3) is 1.00. The van der Waals surface area contributed by atoms with Crippen LogP contribution in [0.15, 0.2) is 0 Å². The molecule has 0 saturated heterocycles. The molecule has 3 nitrogen and oxygen atoms in total. The highest BCUT2D eigenvalue weighted by Gasteiger charge is 1.78. The van der Waals surface area contributed by atoms with Gasteiger partial charge in [0.05, 0.1) is 0 Å². The molecule has 0 fully saturated rings. The number of aliphatic hydroxyl groups is 1. The van der Waals surface area contributed by atoms with Gasteiger partial charge in [0, 0.05) is 0 Å². The number of aliphatic hydroxyl groups excluding tert-OH is 1. The van der Waals surface area contributed by atoms with Crippen LogP contribution in [0.2, 0.25) is 0 Å². The summed E-state index contributed by atoms with van der Waals surface area (Å²) < 4.78 is -0.750. The van der Waals surface area contributed by atoms with Gasteiger partial charge in [-0.25, -0.2) is 0 Å². The summed E-state index contributed by atoms with van der Waals surface area (Å²) in [5.74, 6) is 0. The van der Waals surface area contributed by atoms with Crippen molar-refractivity contribution >= 4 is 34.8 Å².